The van der Waals surface area contributed by atoms with E-state index in [1.165, 1.54) is 32.1 Å². The van der Waals surface area contributed by atoms with Gasteiger partial charge in [-0.1, -0.05) is 34.6 Å². The molecule has 4 rings (SSSR count). The van der Waals surface area contributed by atoms with E-state index in [-0.39, 0.29) is 6.10 Å². The number of fused-ring (bicyclic) bond motifs is 1. The third-order valence-electron chi connectivity index (χ3n) is 5.07. The van der Waals surface area contributed by atoms with Crippen LogP contribution in [0.5, 0.6) is 5.75 Å². The number of aromatic nitrogens is 2. The largest absolute Gasteiger partial charge is 0.484 e. The molecular weight excluding hydrogens is 319 g/mol. The molecule has 1 saturated heterocycles. The number of hydrogen-bond acceptors (Lipinski definition) is 3. The number of nitrogens with zero attached hydrogens (tertiary/aromatic N) is 4. The molecule has 0 bridgehead atoms. The van der Waals surface area contributed by atoms with Crippen molar-refractivity contribution in [3.05, 3.63) is 24.5 Å². The first-order chi connectivity index (χ1) is 11.7. The summed E-state index contributed by atoms with van der Waals surface area (Å²) in [4.78, 5) is 11.6. The second-order valence-corrected chi connectivity index (χ2v) is 7.42. The zero-order valence-electron chi connectivity index (χ0n) is 14.2. The first-order valence-electron chi connectivity index (χ1n) is 8.85. The zero-order valence-corrected chi connectivity index (χ0v) is 15.3. The van der Waals surface area contributed by atoms with E-state index in [2.05, 4.69) is 25.2 Å². The van der Waals surface area contributed by atoms with Crippen LogP contribution >= 0.6 is 9.24 Å². The zero-order chi connectivity index (χ0) is 16.5. The molecule has 1 saturated carbocycles. The maximum atomic E-state index is 6.17. The highest BCUT2D eigenvalue weighted by molar-refractivity contribution is 7.40. The smallest absolute Gasteiger partial charge is 0.147 e. The van der Waals surface area contributed by atoms with Crippen molar-refractivity contribution in [3.8, 4) is 5.75 Å². The number of para-hydroxylation sites is 1. The third-order valence-corrected chi connectivity index (χ3v) is 5.59. The molecule has 1 atom stereocenters. The second-order valence-electron chi connectivity index (χ2n) is 6.90. The van der Waals surface area contributed by atoms with Crippen LogP contribution in [-0.4, -0.2) is 45.3 Å². The van der Waals surface area contributed by atoms with Gasteiger partial charge in [0.25, 0.3) is 0 Å². The lowest BCUT2D eigenvalue weighted by Gasteiger charge is -2.40. The van der Waals surface area contributed by atoms with Crippen LogP contribution in [0.4, 0.5) is 0 Å². The molecule has 5 nitrogen and oxygen atoms in total. The fraction of sp³-hybridized carbons (Fsp3) is 0.556. The Morgan fingerprint density at radius 2 is 2.04 bits per heavy atom. The van der Waals surface area contributed by atoms with Gasteiger partial charge in [-0.05, 0) is 25.0 Å². The van der Waals surface area contributed by atoms with Crippen LogP contribution in [0.15, 0.2) is 29.5 Å². The van der Waals surface area contributed by atoms with Gasteiger partial charge in [-0.15, -0.1) is 0 Å². The summed E-state index contributed by atoms with van der Waals surface area (Å²) in [5.41, 5.74) is 3.15. The van der Waals surface area contributed by atoms with E-state index in [1.807, 2.05) is 30.1 Å². The molecule has 128 valence electrons. The van der Waals surface area contributed by atoms with Crippen LogP contribution in [-0.2, 0) is 7.05 Å². The molecule has 1 aliphatic heterocycles. The van der Waals surface area contributed by atoms with E-state index in [1.54, 1.807) is 0 Å². The van der Waals surface area contributed by atoms with Gasteiger partial charge >= 0.3 is 0 Å². The van der Waals surface area contributed by atoms with Gasteiger partial charge in [-0.25, -0.2) is 4.98 Å². The van der Waals surface area contributed by atoms with Gasteiger partial charge in [0.2, 0.25) is 0 Å². The standard InChI is InChI=1S/C18H25N4OP/c1-21-12-19-17-15(21)8-5-9-16(17)23-14-10-22(11-14)18(24)20-13-6-3-2-4-7-13/h5,8-9,12-14H,2-4,6-7,10-11,24H2,1H3. The lowest BCUT2D eigenvalue weighted by atomic mass is 9.96. The highest BCUT2D eigenvalue weighted by Gasteiger charge is 2.30. The molecule has 2 aromatic rings. The molecule has 0 N–H and O–H groups in total. The molecule has 1 unspecified atom stereocenters. The van der Waals surface area contributed by atoms with Crippen LogP contribution in [0.3, 0.4) is 0 Å². The van der Waals surface area contributed by atoms with Crippen molar-refractivity contribution in [1.29, 1.82) is 0 Å². The number of ether oxygens (including phenoxy) is 1. The van der Waals surface area contributed by atoms with Crippen molar-refractivity contribution in [2.24, 2.45) is 12.0 Å². The molecule has 0 spiro atoms. The maximum Gasteiger partial charge on any atom is 0.147 e. The molecule has 0 amide bonds. The van der Waals surface area contributed by atoms with Gasteiger partial charge in [0.15, 0.2) is 0 Å². The minimum Gasteiger partial charge on any atom is -0.484 e. The first kappa shape index (κ1) is 15.9. The summed E-state index contributed by atoms with van der Waals surface area (Å²) in [5.74, 6) is 0.882. The average Bonchev–Trinajstić information content (AvgIpc) is 2.93. The minimum atomic E-state index is 0.217. The van der Waals surface area contributed by atoms with E-state index in [4.69, 9.17) is 9.73 Å². The van der Waals surface area contributed by atoms with E-state index in [0.29, 0.717) is 6.04 Å². The summed E-state index contributed by atoms with van der Waals surface area (Å²) in [5, 5.41) is 0. The Hall–Kier alpha value is -1.61. The molecule has 1 aromatic heterocycles. The normalized spacial score (nSPS) is 20.4. The number of amidine groups is 1. The van der Waals surface area contributed by atoms with Crippen molar-refractivity contribution in [1.82, 2.24) is 14.5 Å². The summed E-state index contributed by atoms with van der Waals surface area (Å²) in [6, 6.07) is 6.63. The topological polar surface area (TPSA) is 42.6 Å². The molecule has 24 heavy (non-hydrogen) atoms. The van der Waals surface area contributed by atoms with Gasteiger partial charge in [0.05, 0.1) is 31.0 Å². The van der Waals surface area contributed by atoms with Crippen LogP contribution in [0.25, 0.3) is 11.0 Å². The quantitative estimate of drug-likeness (QED) is 0.488. The summed E-state index contributed by atoms with van der Waals surface area (Å²) < 4.78 is 8.19. The van der Waals surface area contributed by atoms with Gasteiger partial charge in [-0.3, -0.25) is 4.99 Å². The molecule has 1 aliphatic carbocycles. The Morgan fingerprint density at radius 1 is 1.25 bits per heavy atom. The van der Waals surface area contributed by atoms with Crippen LogP contribution in [0, 0.1) is 0 Å². The fourth-order valence-electron chi connectivity index (χ4n) is 3.58. The van der Waals surface area contributed by atoms with E-state index in [9.17, 15) is 0 Å². The van der Waals surface area contributed by atoms with Crippen LogP contribution < -0.4 is 4.74 Å². The fourth-order valence-corrected chi connectivity index (χ4v) is 4.01. The summed E-state index contributed by atoms with van der Waals surface area (Å²) in [6.07, 6.45) is 8.56. The molecule has 2 aliphatic rings. The number of hydrogen-bond donors (Lipinski definition) is 0. The molecule has 6 heteroatoms. The van der Waals surface area contributed by atoms with Crippen molar-refractivity contribution in [2.45, 2.75) is 44.2 Å². The molecule has 1 aromatic carbocycles. The Bertz CT molecular complexity index is 745. The number of benzene rings is 1. The Balaban J connectivity index is 1.36. The highest BCUT2D eigenvalue weighted by atomic mass is 31.0. The van der Waals surface area contributed by atoms with Crippen molar-refractivity contribution >= 4 is 25.8 Å². The van der Waals surface area contributed by atoms with E-state index in [0.717, 1.165) is 35.4 Å². The van der Waals surface area contributed by atoms with Crippen molar-refractivity contribution in [3.63, 3.8) is 0 Å². The third kappa shape index (κ3) is 3.14. The second kappa shape index (κ2) is 6.72. The lowest BCUT2D eigenvalue weighted by Crippen LogP contribution is -2.55. The van der Waals surface area contributed by atoms with Crippen molar-refractivity contribution < 1.29 is 4.74 Å². The van der Waals surface area contributed by atoms with Gasteiger partial charge in [0, 0.05) is 7.05 Å². The highest BCUT2D eigenvalue weighted by Crippen LogP contribution is 2.28. The predicted octanol–water partition coefficient (Wildman–Crippen LogP) is 3.20. The molecule has 2 heterocycles. The lowest BCUT2D eigenvalue weighted by molar-refractivity contribution is 0.0706. The number of likely N-dealkylation sites (tertiary alicyclic amines) is 1. The summed E-state index contributed by atoms with van der Waals surface area (Å²) >= 11 is 0. The maximum absolute atomic E-state index is 6.17. The number of rotatable bonds is 3. The Labute approximate surface area is 145 Å². The Morgan fingerprint density at radius 3 is 2.83 bits per heavy atom. The molecule has 0 radical (unpaired) electrons. The molecular formula is C18H25N4OP. The summed E-state index contributed by atoms with van der Waals surface area (Å²) in [7, 11) is 4.82. The van der Waals surface area contributed by atoms with Crippen molar-refractivity contribution in [2.75, 3.05) is 13.1 Å². The van der Waals surface area contributed by atoms with Crippen LogP contribution in [0.1, 0.15) is 32.1 Å². The van der Waals surface area contributed by atoms with E-state index >= 15 is 0 Å². The van der Waals surface area contributed by atoms with E-state index < -0.39 is 0 Å². The van der Waals surface area contributed by atoms with Gasteiger partial charge < -0.3 is 14.2 Å². The number of aliphatic imine (C=N–C) groups is 1. The SMILES string of the molecule is Cn1cnc2c(OC3CN(C(P)=NC4CCCCC4)C3)cccc21. The Kier molecular flexibility index (Phi) is 4.45. The monoisotopic (exact) mass is 344 g/mol. The first-order valence-corrected chi connectivity index (χ1v) is 9.43. The number of imidazole rings is 1. The minimum absolute atomic E-state index is 0.217. The van der Waals surface area contributed by atoms with Crippen LogP contribution in [0.2, 0.25) is 0 Å². The molecule has 2 fully saturated rings. The predicted molar refractivity (Wildman–Crippen MR) is 101 cm³/mol. The average molecular weight is 344 g/mol. The van der Waals surface area contributed by atoms with Gasteiger partial charge in [-0.2, -0.15) is 0 Å². The summed E-state index contributed by atoms with van der Waals surface area (Å²) in [6.45, 7) is 1.80. The number of aryl methyl sites for hydroxylation is 1. The van der Waals surface area contributed by atoms with Gasteiger partial charge in [0.1, 0.15) is 22.9 Å².